The predicted octanol–water partition coefficient (Wildman–Crippen LogP) is 3.26. The van der Waals surface area contributed by atoms with Gasteiger partial charge in [0.05, 0.1) is 7.11 Å². The van der Waals surface area contributed by atoms with E-state index in [0.717, 1.165) is 5.75 Å². The van der Waals surface area contributed by atoms with E-state index in [4.69, 9.17) is 4.74 Å². The summed E-state index contributed by atoms with van der Waals surface area (Å²) in [5.74, 6) is 0.910. The highest BCUT2D eigenvalue weighted by molar-refractivity contribution is 5.20. The van der Waals surface area contributed by atoms with E-state index in [0.29, 0.717) is 0 Å². The average Bonchev–Trinajstić information content (AvgIpc) is 2.03. The van der Waals surface area contributed by atoms with Gasteiger partial charge in [-0.2, -0.15) is 13.2 Å². The molecule has 0 aromatic heterocycles. The Morgan fingerprint density at radius 3 is 1.69 bits per heavy atom. The highest BCUT2D eigenvalue weighted by Crippen LogP contribution is 2.10. The molecule has 1 aromatic carbocycles. The maximum atomic E-state index is 10.4. The number of hydrogen-bond acceptors (Lipinski definition) is 1. The van der Waals surface area contributed by atoms with Gasteiger partial charge in [-0.3, -0.25) is 0 Å². The molecule has 0 fully saturated rings. The molecular formula is C9H11F3O. The van der Waals surface area contributed by atoms with Crippen molar-refractivity contribution in [3.63, 3.8) is 0 Å². The van der Waals surface area contributed by atoms with Crippen LogP contribution in [0, 0.1) is 0 Å². The summed E-state index contributed by atoms with van der Waals surface area (Å²) in [5.41, 5.74) is 0. The van der Waals surface area contributed by atoms with E-state index in [1.807, 2.05) is 30.3 Å². The number of hydrogen-bond donors (Lipinski definition) is 0. The van der Waals surface area contributed by atoms with Gasteiger partial charge in [0, 0.05) is 6.92 Å². The van der Waals surface area contributed by atoms with E-state index >= 15 is 0 Å². The number of alkyl halides is 3. The van der Waals surface area contributed by atoms with Crippen molar-refractivity contribution in [1.82, 2.24) is 0 Å². The highest BCUT2D eigenvalue weighted by Gasteiger charge is 2.15. The molecule has 0 saturated heterocycles. The molecule has 0 aliphatic rings. The zero-order valence-corrected chi connectivity index (χ0v) is 7.43. The van der Waals surface area contributed by atoms with Crippen molar-refractivity contribution in [2.75, 3.05) is 7.11 Å². The van der Waals surface area contributed by atoms with E-state index in [1.54, 1.807) is 7.11 Å². The van der Waals surface area contributed by atoms with Crippen LogP contribution in [0.5, 0.6) is 5.75 Å². The standard InChI is InChI=1S/C7H8O.C2H3F3/c1-8-7-5-3-2-4-6-7;1-2(3,4)5/h2-6H,1H3;1H3. The van der Waals surface area contributed by atoms with Crippen LogP contribution in [0.25, 0.3) is 0 Å². The highest BCUT2D eigenvalue weighted by atomic mass is 19.4. The zero-order valence-electron chi connectivity index (χ0n) is 7.43. The molecule has 0 aliphatic heterocycles. The van der Waals surface area contributed by atoms with E-state index in [2.05, 4.69) is 0 Å². The Bertz CT molecular complexity index is 212. The summed E-state index contributed by atoms with van der Waals surface area (Å²) in [6.07, 6.45) is -4.00. The molecule has 1 rings (SSSR count). The summed E-state index contributed by atoms with van der Waals surface area (Å²) in [6, 6.07) is 9.68. The first-order valence-electron chi connectivity index (χ1n) is 3.59. The molecule has 0 atom stereocenters. The Morgan fingerprint density at radius 2 is 1.46 bits per heavy atom. The molecule has 0 saturated carbocycles. The molecular weight excluding hydrogens is 181 g/mol. The van der Waals surface area contributed by atoms with Gasteiger partial charge in [-0.05, 0) is 12.1 Å². The molecule has 1 aromatic rings. The molecule has 0 N–H and O–H groups in total. The predicted molar refractivity (Wildman–Crippen MR) is 44.7 cm³/mol. The number of benzene rings is 1. The van der Waals surface area contributed by atoms with Crippen LogP contribution >= 0.6 is 0 Å². The Morgan fingerprint density at radius 1 is 1.08 bits per heavy atom. The summed E-state index contributed by atoms with van der Waals surface area (Å²) in [7, 11) is 1.66. The van der Waals surface area contributed by atoms with Gasteiger partial charge in [-0.25, -0.2) is 0 Å². The quantitative estimate of drug-likeness (QED) is 0.663. The van der Waals surface area contributed by atoms with Crippen LogP contribution in [-0.4, -0.2) is 13.3 Å². The van der Waals surface area contributed by atoms with Gasteiger partial charge in [-0.1, -0.05) is 18.2 Å². The van der Waals surface area contributed by atoms with E-state index in [9.17, 15) is 13.2 Å². The summed E-state index contributed by atoms with van der Waals surface area (Å²) in [5, 5.41) is 0. The topological polar surface area (TPSA) is 9.23 Å². The van der Waals surface area contributed by atoms with Crippen molar-refractivity contribution < 1.29 is 17.9 Å². The van der Waals surface area contributed by atoms with Gasteiger partial charge >= 0.3 is 6.18 Å². The van der Waals surface area contributed by atoms with Crippen LogP contribution in [-0.2, 0) is 0 Å². The molecule has 0 heterocycles. The number of rotatable bonds is 1. The van der Waals surface area contributed by atoms with Crippen LogP contribution < -0.4 is 4.74 Å². The molecule has 0 amide bonds. The van der Waals surface area contributed by atoms with Gasteiger partial charge in [0.15, 0.2) is 0 Å². The Hall–Kier alpha value is -1.19. The lowest BCUT2D eigenvalue weighted by molar-refractivity contribution is -0.110. The molecule has 0 bridgehead atoms. The Kier molecular flexibility index (Phi) is 4.96. The van der Waals surface area contributed by atoms with E-state index < -0.39 is 6.18 Å². The molecule has 13 heavy (non-hydrogen) atoms. The smallest absolute Gasteiger partial charge is 0.386 e. The van der Waals surface area contributed by atoms with Crippen molar-refractivity contribution >= 4 is 0 Å². The fourth-order valence-corrected chi connectivity index (χ4v) is 0.557. The van der Waals surface area contributed by atoms with Gasteiger partial charge in [0.25, 0.3) is 0 Å². The SMILES string of the molecule is CC(F)(F)F.COc1ccccc1. The lowest BCUT2D eigenvalue weighted by Crippen LogP contribution is -1.95. The maximum absolute atomic E-state index is 10.4. The maximum Gasteiger partial charge on any atom is 0.386 e. The minimum Gasteiger partial charge on any atom is -0.497 e. The van der Waals surface area contributed by atoms with E-state index in [-0.39, 0.29) is 6.92 Å². The lowest BCUT2D eigenvalue weighted by atomic mass is 10.3. The van der Waals surface area contributed by atoms with Crippen LogP contribution in [0.15, 0.2) is 30.3 Å². The number of methoxy groups -OCH3 is 1. The molecule has 0 unspecified atom stereocenters. The second kappa shape index (κ2) is 5.45. The van der Waals surface area contributed by atoms with Gasteiger partial charge in [0.2, 0.25) is 0 Å². The summed E-state index contributed by atoms with van der Waals surface area (Å²) < 4.78 is 36.0. The minimum absolute atomic E-state index is 0.188. The van der Waals surface area contributed by atoms with Crippen molar-refractivity contribution in [2.45, 2.75) is 13.1 Å². The van der Waals surface area contributed by atoms with Crippen molar-refractivity contribution in [1.29, 1.82) is 0 Å². The zero-order chi connectivity index (χ0) is 10.3. The number of halogens is 3. The lowest BCUT2D eigenvalue weighted by Gasteiger charge is -1.93. The molecule has 0 radical (unpaired) electrons. The second-order valence-electron chi connectivity index (χ2n) is 2.30. The van der Waals surface area contributed by atoms with E-state index in [1.165, 1.54) is 0 Å². The first-order valence-corrected chi connectivity index (χ1v) is 3.59. The van der Waals surface area contributed by atoms with Gasteiger partial charge in [-0.15, -0.1) is 0 Å². The monoisotopic (exact) mass is 192 g/mol. The summed E-state index contributed by atoms with van der Waals surface area (Å²) in [4.78, 5) is 0. The van der Waals surface area contributed by atoms with Crippen LogP contribution in [0.4, 0.5) is 13.2 Å². The average molecular weight is 192 g/mol. The Labute approximate surface area is 75.1 Å². The molecule has 74 valence electrons. The van der Waals surface area contributed by atoms with Gasteiger partial charge < -0.3 is 4.74 Å². The van der Waals surface area contributed by atoms with Crippen LogP contribution in [0.2, 0.25) is 0 Å². The summed E-state index contributed by atoms with van der Waals surface area (Å²) >= 11 is 0. The van der Waals surface area contributed by atoms with Gasteiger partial charge in [0.1, 0.15) is 5.75 Å². The third-order valence-electron chi connectivity index (χ3n) is 0.979. The van der Waals surface area contributed by atoms with Crippen molar-refractivity contribution in [3.05, 3.63) is 30.3 Å². The first kappa shape index (κ1) is 11.8. The fraction of sp³-hybridized carbons (Fsp3) is 0.333. The molecule has 4 heteroatoms. The fourth-order valence-electron chi connectivity index (χ4n) is 0.557. The third-order valence-corrected chi connectivity index (χ3v) is 0.979. The van der Waals surface area contributed by atoms with Crippen molar-refractivity contribution in [3.8, 4) is 5.75 Å². The second-order valence-corrected chi connectivity index (χ2v) is 2.30. The largest absolute Gasteiger partial charge is 0.497 e. The first-order chi connectivity index (χ1) is 5.93. The van der Waals surface area contributed by atoms with Crippen LogP contribution in [0.1, 0.15) is 6.92 Å². The minimum atomic E-state index is -4.00. The molecule has 1 nitrogen and oxygen atoms in total. The van der Waals surface area contributed by atoms with Crippen molar-refractivity contribution in [2.24, 2.45) is 0 Å². The van der Waals surface area contributed by atoms with Crippen LogP contribution in [0.3, 0.4) is 0 Å². The molecule has 0 spiro atoms. The third kappa shape index (κ3) is 10.8. The number of ether oxygens (including phenoxy) is 1. The molecule has 0 aliphatic carbocycles. The summed E-state index contributed by atoms with van der Waals surface area (Å²) in [6.45, 7) is 0.188. The Balaban J connectivity index is 0.000000252. The normalized spacial score (nSPS) is 9.92. The number of para-hydroxylation sites is 1.